The molecular weight excluding hydrogens is 420 g/mol. The molecule has 1 saturated heterocycles. The van der Waals surface area contributed by atoms with Gasteiger partial charge in [0, 0.05) is 13.1 Å². The maximum absolute atomic E-state index is 12.7. The summed E-state index contributed by atoms with van der Waals surface area (Å²) >= 11 is 0. The number of hydrogen-bond donors (Lipinski definition) is 0. The Morgan fingerprint density at radius 1 is 0.871 bits per heavy atom. The van der Waals surface area contributed by atoms with Crippen molar-refractivity contribution in [3.8, 4) is 0 Å². The van der Waals surface area contributed by atoms with E-state index in [1.54, 1.807) is 24.3 Å². The highest BCUT2D eigenvalue weighted by atomic mass is 32.2. The Labute approximate surface area is 180 Å². The second-order valence-electron chi connectivity index (χ2n) is 7.52. The summed E-state index contributed by atoms with van der Waals surface area (Å²) in [5.74, 6) is -2.05. The SMILES string of the molecule is O=C(CCc1ccc(S(=O)(=O)N2CCCCC2)cc1)ON1C(=O)c2ccccc2C1=O. The Hall–Kier alpha value is -3.04. The molecule has 2 aliphatic rings. The molecule has 1 fully saturated rings. The maximum atomic E-state index is 12.7. The van der Waals surface area contributed by atoms with E-state index < -0.39 is 27.8 Å². The molecule has 0 spiro atoms. The van der Waals surface area contributed by atoms with E-state index >= 15 is 0 Å². The summed E-state index contributed by atoms with van der Waals surface area (Å²) in [6.07, 6.45) is 3.00. The minimum Gasteiger partial charge on any atom is -0.330 e. The van der Waals surface area contributed by atoms with E-state index in [1.165, 1.54) is 28.6 Å². The lowest BCUT2D eigenvalue weighted by atomic mass is 10.1. The summed E-state index contributed by atoms with van der Waals surface area (Å²) < 4.78 is 26.9. The summed E-state index contributed by atoms with van der Waals surface area (Å²) in [7, 11) is -3.50. The number of sulfonamides is 1. The fourth-order valence-corrected chi connectivity index (χ4v) is 5.24. The van der Waals surface area contributed by atoms with E-state index in [1.807, 2.05) is 0 Å². The maximum Gasteiger partial charge on any atom is 0.333 e. The molecule has 31 heavy (non-hydrogen) atoms. The van der Waals surface area contributed by atoms with Gasteiger partial charge in [-0.3, -0.25) is 9.59 Å². The van der Waals surface area contributed by atoms with E-state index in [4.69, 9.17) is 4.84 Å². The Kier molecular flexibility index (Phi) is 5.88. The van der Waals surface area contributed by atoms with Gasteiger partial charge in [0.15, 0.2) is 0 Å². The van der Waals surface area contributed by atoms with Gasteiger partial charge in [-0.2, -0.15) is 4.31 Å². The molecule has 162 valence electrons. The summed E-state index contributed by atoms with van der Waals surface area (Å²) in [6.45, 7) is 1.07. The van der Waals surface area contributed by atoms with Gasteiger partial charge in [-0.05, 0) is 49.1 Å². The second-order valence-corrected chi connectivity index (χ2v) is 9.46. The first-order valence-corrected chi connectivity index (χ1v) is 11.6. The fraction of sp³-hybridized carbons (Fsp3) is 0.318. The number of hydroxylamine groups is 2. The number of rotatable bonds is 6. The molecule has 0 bridgehead atoms. The molecule has 0 N–H and O–H groups in total. The number of imide groups is 1. The van der Waals surface area contributed by atoms with Gasteiger partial charge in [-0.15, -0.1) is 0 Å². The van der Waals surface area contributed by atoms with Crippen molar-refractivity contribution in [3.63, 3.8) is 0 Å². The average molecular weight is 442 g/mol. The lowest BCUT2D eigenvalue weighted by Gasteiger charge is -2.25. The van der Waals surface area contributed by atoms with Crippen LogP contribution < -0.4 is 0 Å². The van der Waals surface area contributed by atoms with Crippen LogP contribution in [0.2, 0.25) is 0 Å². The van der Waals surface area contributed by atoms with Crippen LogP contribution in [0.3, 0.4) is 0 Å². The number of fused-ring (bicyclic) bond motifs is 1. The van der Waals surface area contributed by atoms with Crippen molar-refractivity contribution in [1.29, 1.82) is 0 Å². The first-order valence-electron chi connectivity index (χ1n) is 10.2. The molecule has 2 amide bonds. The molecule has 2 aromatic carbocycles. The monoisotopic (exact) mass is 442 g/mol. The molecule has 0 aromatic heterocycles. The van der Waals surface area contributed by atoms with Crippen LogP contribution in [0.15, 0.2) is 53.4 Å². The van der Waals surface area contributed by atoms with Crippen LogP contribution in [0.25, 0.3) is 0 Å². The quantitative estimate of drug-likeness (QED) is 0.638. The zero-order valence-corrected chi connectivity index (χ0v) is 17.6. The van der Waals surface area contributed by atoms with Gasteiger partial charge in [0.05, 0.1) is 22.4 Å². The van der Waals surface area contributed by atoms with Gasteiger partial charge in [0.2, 0.25) is 10.0 Å². The van der Waals surface area contributed by atoms with Crippen molar-refractivity contribution in [3.05, 3.63) is 65.2 Å². The van der Waals surface area contributed by atoms with E-state index in [9.17, 15) is 22.8 Å². The number of nitrogens with zero attached hydrogens (tertiary/aromatic N) is 2. The average Bonchev–Trinajstić information content (AvgIpc) is 3.03. The number of aryl methyl sites for hydroxylation is 1. The molecule has 2 aliphatic heterocycles. The van der Waals surface area contributed by atoms with Crippen molar-refractivity contribution >= 4 is 27.8 Å². The Balaban J connectivity index is 1.34. The number of carbonyl (C=O) groups excluding carboxylic acids is 3. The van der Waals surface area contributed by atoms with Crippen LogP contribution in [0.1, 0.15) is 52.0 Å². The topological polar surface area (TPSA) is 101 Å². The summed E-state index contributed by atoms with van der Waals surface area (Å²) in [5, 5.41) is 0.487. The third-order valence-corrected chi connectivity index (χ3v) is 7.36. The van der Waals surface area contributed by atoms with Crippen molar-refractivity contribution < 1.29 is 27.6 Å². The molecule has 0 aliphatic carbocycles. The van der Waals surface area contributed by atoms with Crippen molar-refractivity contribution in [1.82, 2.24) is 9.37 Å². The number of benzene rings is 2. The van der Waals surface area contributed by atoms with Crippen molar-refractivity contribution in [2.75, 3.05) is 13.1 Å². The van der Waals surface area contributed by atoms with Gasteiger partial charge in [0.25, 0.3) is 11.8 Å². The van der Waals surface area contributed by atoms with Crippen molar-refractivity contribution in [2.24, 2.45) is 0 Å². The summed E-state index contributed by atoms with van der Waals surface area (Å²) in [6, 6.07) is 12.7. The molecule has 0 atom stereocenters. The van der Waals surface area contributed by atoms with Gasteiger partial charge in [-0.1, -0.05) is 35.7 Å². The largest absolute Gasteiger partial charge is 0.333 e. The molecule has 2 heterocycles. The normalized spacial score (nSPS) is 17.0. The lowest BCUT2D eigenvalue weighted by molar-refractivity contribution is -0.168. The highest BCUT2D eigenvalue weighted by Gasteiger charge is 2.38. The number of carbonyl (C=O) groups is 3. The first-order chi connectivity index (χ1) is 14.9. The predicted octanol–water partition coefficient (Wildman–Crippen LogP) is 2.55. The molecule has 0 unspecified atom stereocenters. The molecule has 9 heteroatoms. The van der Waals surface area contributed by atoms with Gasteiger partial charge < -0.3 is 4.84 Å². The van der Waals surface area contributed by atoms with Crippen molar-refractivity contribution in [2.45, 2.75) is 37.0 Å². The summed E-state index contributed by atoms with van der Waals surface area (Å²) in [4.78, 5) is 41.9. The number of piperidine rings is 1. The molecule has 0 saturated carbocycles. The Morgan fingerprint density at radius 2 is 1.45 bits per heavy atom. The highest BCUT2D eigenvalue weighted by molar-refractivity contribution is 7.89. The van der Waals surface area contributed by atoms with E-state index in [0.717, 1.165) is 24.8 Å². The standard InChI is InChI=1S/C22H22N2O6S/c25-20(30-24-21(26)18-6-2-3-7-19(18)22(24)27)13-10-16-8-11-17(12-9-16)31(28,29)23-14-4-1-5-15-23/h2-3,6-9,11-12H,1,4-5,10,13-15H2. The zero-order valence-electron chi connectivity index (χ0n) is 16.8. The molecule has 4 rings (SSSR count). The van der Waals surface area contributed by atoms with Gasteiger partial charge >= 0.3 is 5.97 Å². The third-order valence-electron chi connectivity index (χ3n) is 5.44. The van der Waals surface area contributed by atoms with Gasteiger partial charge in [0.1, 0.15) is 0 Å². The second kappa shape index (κ2) is 8.60. The Morgan fingerprint density at radius 3 is 2.03 bits per heavy atom. The minimum atomic E-state index is -3.50. The molecule has 2 aromatic rings. The van der Waals surface area contributed by atoms with Crippen LogP contribution in [0.5, 0.6) is 0 Å². The van der Waals surface area contributed by atoms with Crippen LogP contribution in [-0.2, 0) is 26.1 Å². The summed E-state index contributed by atoms with van der Waals surface area (Å²) in [5.41, 5.74) is 1.15. The van der Waals surface area contributed by atoms with E-state index in [0.29, 0.717) is 18.2 Å². The third kappa shape index (κ3) is 4.24. The van der Waals surface area contributed by atoms with Crippen LogP contribution in [0.4, 0.5) is 0 Å². The predicted molar refractivity (Wildman–Crippen MR) is 110 cm³/mol. The highest BCUT2D eigenvalue weighted by Crippen LogP contribution is 2.24. The Bertz CT molecular complexity index is 1090. The lowest BCUT2D eigenvalue weighted by Crippen LogP contribution is -2.35. The molecule has 0 radical (unpaired) electrons. The smallest absolute Gasteiger partial charge is 0.330 e. The fourth-order valence-electron chi connectivity index (χ4n) is 3.73. The molecule has 8 nitrogen and oxygen atoms in total. The number of hydrogen-bond acceptors (Lipinski definition) is 6. The number of amides is 2. The first kappa shape index (κ1) is 21.2. The van der Waals surface area contributed by atoms with Crippen LogP contribution >= 0.6 is 0 Å². The van der Waals surface area contributed by atoms with E-state index in [-0.39, 0.29) is 28.9 Å². The van der Waals surface area contributed by atoms with E-state index in [2.05, 4.69) is 0 Å². The van der Waals surface area contributed by atoms with Crippen LogP contribution in [0, 0.1) is 0 Å². The molecular formula is C22H22N2O6S. The zero-order chi connectivity index (χ0) is 22.0. The minimum absolute atomic E-state index is 0.0639. The van der Waals surface area contributed by atoms with Gasteiger partial charge in [-0.25, -0.2) is 13.2 Å². The van der Waals surface area contributed by atoms with Crippen LogP contribution in [-0.4, -0.2) is 48.7 Å².